The van der Waals surface area contributed by atoms with Gasteiger partial charge in [0, 0.05) is 48.7 Å². The molecule has 5 aromatic carbocycles. The smallest absolute Gasteiger partial charge is 0.269 e. The predicted octanol–water partition coefficient (Wildman–Crippen LogP) is 5.79. The summed E-state index contributed by atoms with van der Waals surface area (Å²) in [7, 11) is 0. The van der Waals surface area contributed by atoms with Crippen molar-refractivity contribution < 1.29 is 19.4 Å². The van der Waals surface area contributed by atoms with Crippen molar-refractivity contribution in [1.29, 1.82) is 0 Å². The van der Waals surface area contributed by atoms with E-state index in [1.807, 2.05) is 48.5 Å². The molecule has 0 unspecified atom stereocenters. The molecule has 0 aliphatic carbocycles. The number of hydrogen-bond donors (Lipinski definition) is 6. The summed E-state index contributed by atoms with van der Waals surface area (Å²) < 4.78 is 0. The molecule has 0 saturated carbocycles. The van der Waals surface area contributed by atoms with Crippen LogP contribution in [0.5, 0.6) is 0 Å². The Bertz CT molecular complexity index is 1970. The second-order valence-corrected chi connectivity index (χ2v) is 12.5. The summed E-state index contributed by atoms with van der Waals surface area (Å²) >= 11 is 10.7. The lowest BCUT2D eigenvalue weighted by Crippen LogP contribution is -2.46. The van der Waals surface area contributed by atoms with Gasteiger partial charge in [-0.1, -0.05) is 48.5 Å². The van der Waals surface area contributed by atoms with E-state index in [1.165, 1.54) is 48.5 Å². The van der Waals surface area contributed by atoms with Gasteiger partial charge in [0.05, 0.1) is 9.85 Å². The van der Waals surface area contributed by atoms with Crippen LogP contribution in [0.1, 0.15) is 25.0 Å². The van der Waals surface area contributed by atoms with E-state index in [-0.39, 0.29) is 46.5 Å². The van der Waals surface area contributed by atoms with Crippen LogP contribution in [0.2, 0.25) is 0 Å². The molecule has 0 aliphatic heterocycles. The monoisotopic (exact) mass is 738 g/mol. The molecule has 2 atom stereocenters. The van der Waals surface area contributed by atoms with E-state index < -0.39 is 21.9 Å². The molecular weight excluding hydrogens is 705 g/mol. The summed E-state index contributed by atoms with van der Waals surface area (Å²) in [5, 5.41) is 43.6. The first-order valence-corrected chi connectivity index (χ1v) is 16.8. The van der Waals surface area contributed by atoms with Crippen molar-refractivity contribution >= 4 is 90.8 Å². The lowest BCUT2D eigenvalue weighted by molar-refractivity contribution is -0.385. The Morgan fingerprint density at radius 3 is 1.17 bits per heavy atom. The van der Waals surface area contributed by atoms with E-state index in [9.17, 15) is 29.8 Å². The molecule has 0 aliphatic rings. The largest absolute Gasteiger partial charge is 0.351 e. The molecule has 14 nitrogen and oxygen atoms in total. The summed E-state index contributed by atoms with van der Waals surface area (Å²) in [5.74, 6) is -0.584. The summed E-state index contributed by atoms with van der Waals surface area (Å²) in [5.41, 5.74) is 2.80. The normalized spacial score (nSPS) is 11.9. The van der Waals surface area contributed by atoms with Crippen LogP contribution in [-0.4, -0.2) is 44.0 Å². The van der Waals surface area contributed by atoms with Gasteiger partial charge in [0.2, 0.25) is 11.8 Å². The third-order valence-corrected chi connectivity index (χ3v) is 8.63. The SMILES string of the molecule is C[C@H](NC(=S)Nc1ccc([N+](=O)[O-])cc1)C(=O)NCc1c2ccccc2c(CNC(=O)[C@H](C)NC(=S)Nc2ccc([N+](=O)[O-])cc2)c2ccccc12. The van der Waals surface area contributed by atoms with Crippen LogP contribution in [-0.2, 0) is 22.7 Å². The number of anilines is 2. The number of non-ortho nitro benzene ring substituents is 2. The highest BCUT2D eigenvalue weighted by Crippen LogP contribution is 2.33. The molecule has 52 heavy (non-hydrogen) atoms. The molecule has 0 bridgehead atoms. The maximum Gasteiger partial charge on any atom is 0.269 e. The van der Waals surface area contributed by atoms with Gasteiger partial charge in [-0.3, -0.25) is 29.8 Å². The van der Waals surface area contributed by atoms with Crippen molar-refractivity contribution in [1.82, 2.24) is 21.3 Å². The number of amides is 2. The number of nitrogens with one attached hydrogen (secondary N) is 6. The average molecular weight is 739 g/mol. The van der Waals surface area contributed by atoms with Crippen molar-refractivity contribution in [3.63, 3.8) is 0 Å². The minimum atomic E-state index is -0.696. The van der Waals surface area contributed by atoms with E-state index >= 15 is 0 Å². The molecule has 0 saturated heterocycles. The maximum absolute atomic E-state index is 13.2. The quantitative estimate of drug-likeness (QED) is 0.0391. The van der Waals surface area contributed by atoms with Crippen molar-refractivity contribution in [3.05, 3.63) is 128 Å². The van der Waals surface area contributed by atoms with Gasteiger partial charge in [0.15, 0.2) is 10.2 Å². The Morgan fingerprint density at radius 1 is 0.577 bits per heavy atom. The molecule has 0 fully saturated rings. The number of nitro groups is 2. The van der Waals surface area contributed by atoms with E-state index in [0.29, 0.717) is 11.4 Å². The minimum Gasteiger partial charge on any atom is -0.351 e. The van der Waals surface area contributed by atoms with Gasteiger partial charge < -0.3 is 31.9 Å². The second-order valence-electron chi connectivity index (χ2n) is 11.7. The Morgan fingerprint density at radius 2 is 0.885 bits per heavy atom. The van der Waals surface area contributed by atoms with Gasteiger partial charge in [-0.25, -0.2) is 0 Å². The molecule has 6 N–H and O–H groups in total. The molecule has 2 amide bonds. The minimum absolute atomic E-state index is 0.0460. The van der Waals surface area contributed by atoms with Crippen molar-refractivity contribution in [3.8, 4) is 0 Å². The summed E-state index contributed by atoms with van der Waals surface area (Å²) in [6, 6.07) is 25.7. The highest BCUT2D eigenvalue weighted by Gasteiger charge is 2.19. The van der Waals surface area contributed by atoms with E-state index in [2.05, 4.69) is 31.9 Å². The number of carbonyl (C=O) groups is 2. The highest BCUT2D eigenvalue weighted by atomic mass is 32.1. The van der Waals surface area contributed by atoms with Gasteiger partial charge in [-0.05, 0) is 95.2 Å². The van der Waals surface area contributed by atoms with E-state index in [4.69, 9.17) is 24.4 Å². The number of nitro benzene ring substituents is 2. The van der Waals surface area contributed by atoms with Gasteiger partial charge in [-0.2, -0.15) is 0 Å². The molecule has 0 heterocycles. The van der Waals surface area contributed by atoms with Crippen molar-refractivity contribution in [2.75, 3.05) is 10.6 Å². The third-order valence-electron chi connectivity index (χ3n) is 8.19. The molecule has 266 valence electrons. The molecule has 5 aromatic rings. The van der Waals surface area contributed by atoms with Gasteiger partial charge in [0.1, 0.15) is 12.1 Å². The Labute approximate surface area is 308 Å². The van der Waals surface area contributed by atoms with Crippen molar-refractivity contribution in [2.45, 2.75) is 39.0 Å². The lowest BCUT2D eigenvalue weighted by atomic mass is 9.91. The number of carbonyl (C=O) groups excluding carboxylic acids is 2. The number of benzene rings is 5. The first-order chi connectivity index (χ1) is 24.9. The van der Waals surface area contributed by atoms with Crippen LogP contribution in [0.15, 0.2) is 97.1 Å². The first kappa shape index (κ1) is 37.0. The summed E-state index contributed by atoms with van der Waals surface area (Å²) in [6.07, 6.45) is 0. The second kappa shape index (κ2) is 16.6. The number of thiocarbonyl (C=S) groups is 2. The zero-order chi connectivity index (χ0) is 37.4. The highest BCUT2D eigenvalue weighted by molar-refractivity contribution is 7.80. The van der Waals surface area contributed by atoms with Crippen molar-refractivity contribution in [2.24, 2.45) is 0 Å². The molecule has 0 aromatic heterocycles. The third kappa shape index (κ3) is 9.09. The lowest BCUT2D eigenvalue weighted by Gasteiger charge is -2.21. The number of rotatable bonds is 12. The Balaban J connectivity index is 1.24. The van der Waals surface area contributed by atoms with Crippen LogP contribution in [0.25, 0.3) is 21.5 Å². The number of nitrogens with zero attached hydrogens (tertiary/aromatic N) is 2. The fraction of sp³-hybridized carbons (Fsp3) is 0.167. The molecule has 0 spiro atoms. The van der Waals surface area contributed by atoms with Gasteiger partial charge >= 0.3 is 0 Å². The Hall–Kier alpha value is -6.26. The molecule has 0 radical (unpaired) electrons. The standard InChI is InChI=1S/C36H34N8O6S2/c1-21(39-35(51)41-23-11-15-25(16-12-23)43(47)48)33(45)37-19-31-27-7-3-5-9-29(27)32(30-10-6-4-8-28(30)31)20-38-34(46)22(2)40-36(52)42-24-13-17-26(18-14-24)44(49)50/h3-18,21-22H,19-20H2,1-2H3,(H,37,45)(H,38,46)(H2,39,41,51)(H2,40,42,52)/t21-,22-/m0/s1. The van der Waals surface area contributed by atoms with E-state index in [1.54, 1.807) is 13.8 Å². The van der Waals surface area contributed by atoms with Crippen LogP contribution >= 0.6 is 24.4 Å². The average Bonchev–Trinajstić information content (AvgIpc) is 3.12. The van der Waals surface area contributed by atoms with Crippen LogP contribution in [0.4, 0.5) is 22.7 Å². The molecular formula is C36H34N8O6S2. The fourth-order valence-corrected chi connectivity index (χ4v) is 6.13. The van der Waals surface area contributed by atoms with Crippen LogP contribution in [0.3, 0.4) is 0 Å². The number of hydrogen-bond acceptors (Lipinski definition) is 8. The van der Waals surface area contributed by atoms with E-state index in [0.717, 1.165) is 32.7 Å². The fourth-order valence-electron chi connectivity index (χ4n) is 5.54. The molecule has 16 heteroatoms. The summed E-state index contributed by atoms with van der Waals surface area (Å²) in [6.45, 7) is 3.80. The topological polar surface area (TPSA) is 193 Å². The van der Waals surface area contributed by atoms with Gasteiger partial charge in [0.25, 0.3) is 11.4 Å². The van der Waals surface area contributed by atoms with Crippen LogP contribution in [0, 0.1) is 20.2 Å². The molecule has 5 rings (SSSR count). The summed E-state index contributed by atoms with van der Waals surface area (Å²) in [4.78, 5) is 47.2. The Kier molecular flexibility index (Phi) is 11.8. The predicted molar refractivity (Wildman–Crippen MR) is 209 cm³/mol. The zero-order valence-corrected chi connectivity index (χ0v) is 29.6. The number of fused-ring (bicyclic) bond motifs is 2. The van der Waals surface area contributed by atoms with Crippen LogP contribution < -0.4 is 31.9 Å². The van der Waals surface area contributed by atoms with Gasteiger partial charge in [-0.15, -0.1) is 0 Å². The maximum atomic E-state index is 13.2. The first-order valence-electron chi connectivity index (χ1n) is 16.0. The zero-order valence-electron chi connectivity index (χ0n) is 28.0.